The van der Waals surface area contributed by atoms with Crippen molar-refractivity contribution in [1.29, 1.82) is 0 Å². The van der Waals surface area contributed by atoms with Crippen LogP contribution in [0.4, 0.5) is 5.69 Å². The number of carbonyl (C=O) groups excluding carboxylic acids is 2. The van der Waals surface area contributed by atoms with Crippen molar-refractivity contribution < 1.29 is 24.0 Å². The standard InChI is InChI=1S/C20H21N3O6/c1-21(2)9-5-10-22-17(15-8-4-11-29-15)16(19(25)20(22)26)18(24)13-6-3-7-14(12-13)23(27)28/h3-4,6-8,11-12,17,24H,5,9-10H2,1-2H3/b18-16-. The fourth-order valence-corrected chi connectivity index (χ4v) is 3.33. The highest BCUT2D eigenvalue weighted by Gasteiger charge is 2.47. The molecule has 0 radical (unpaired) electrons. The molecule has 1 aliphatic heterocycles. The Labute approximate surface area is 167 Å². The van der Waals surface area contributed by atoms with Gasteiger partial charge in [0, 0.05) is 24.2 Å². The van der Waals surface area contributed by atoms with E-state index >= 15 is 0 Å². The van der Waals surface area contributed by atoms with Crippen molar-refractivity contribution in [2.24, 2.45) is 0 Å². The van der Waals surface area contributed by atoms with Crippen molar-refractivity contribution in [2.45, 2.75) is 12.5 Å². The predicted molar refractivity (Wildman–Crippen MR) is 104 cm³/mol. The predicted octanol–water partition coefficient (Wildman–Crippen LogP) is 2.56. The maximum absolute atomic E-state index is 12.8. The SMILES string of the molecule is CN(C)CCCN1C(=O)C(=O)/C(=C(\O)c2cccc([N+](=O)[O-])c2)C1c1ccco1. The molecule has 0 saturated carbocycles. The molecule has 1 aromatic heterocycles. The summed E-state index contributed by atoms with van der Waals surface area (Å²) in [6.07, 6.45) is 2.04. The lowest BCUT2D eigenvalue weighted by Gasteiger charge is -2.23. The minimum Gasteiger partial charge on any atom is -0.507 e. The molecule has 1 saturated heterocycles. The quantitative estimate of drug-likeness (QED) is 0.250. The fraction of sp³-hybridized carbons (Fsp3) is 0.300. The lowest BCUT2D eigenvalue weighted by atomic mass is 9.99. The molecule has 0 spiro atoms. The number of hydrogen-bond acceptors (Lipinski definition) is 7. The molecule has 9 nitrogen and oxygen atoms in total. The molecule has 2 heterocycles. The Kier molecular flexibility index (Phi) is 5.79. The van der Waals surface area contributed by atoms with Gasteiger partial charge in [-0.3, -0.25) is 19.7 Å². The summed E-state index contributed by atoms with van der Waals surface area (Å²) in [6, 6.07) is 7.64. The first kappa shape index (κ1) is 20.3. The summed E-state index contributed by atoms with van der Waals surface area (Å²) in [6.45, 7) is 0.999. The van der Waals surface area contributed by atoms with Crippen LogP contribution in [0, 0.1) is 10.1 Å². The maximum Gasteiger partial charge on any atom is 0.295 e. The third kappa shape index (κ3) is 4.04. The molecular formula is C20H21N3O6. The Morgan fingerprint density at radius 3 is 2.66 bits per heavy atom. The topological polar surface area (TPSA) is 117 Å². The number of nitro benzene ring substituents is 1. The monoisotopic (exact) mass is 399 g/mol. The van der Waals surface area contributed by atoms with Gasteiger partial charge in [0.1, 0.15) is 17.6 Å². The second-order valence-corrected chi connectivity index (χ2v) is 6.97. The number of rotatable bonds is 7. The number of aliphatic hydroxyl groups is 1. The Morgan fingerprint density at radius 2 is 2.03 bits per heavy atom. The summed E-state index contributed by atoms with van der Waals surface area (Å²) in [5.41, 5.74) is -0.291. The van der Waals surface area contributed by atoms with Crippen LogP contribution in [0.1, 0.15) is 23.8 Å². The Morgan fingerprint density at radius 1 is 1.28 bits per heavy atom. The highest BCUT2D eigenvalue weighted by molar-refractivity contribution is 6.46. The normalized spacial score (nSPS) is 18.6. The van der Waals surface area contributed by atoms with Crippen molar-refractivity contribution in [2.75, 3.05) is 27.2 Å². The summed E-state index contributed by atoms with van der Waals surface area (Å²) in [4.78, 5) is 39.2. The molecule has 1 fully saturated rings. The van der Waals surface area contributed by atoms with E-state index in [9.17, 15) is 24.8 Å². The first-order chi connectivity index (χ1) is 13.8. The second-order valence-electron chi connectivity index (χ2n) is 6.97. The average Bonchev–Trinajstić information content (AvgIpc) is 3.29. The molecule has 9 heteroatoms. The van der Waals surface area contributed by atoms with Crippen LogP contribution in [0.2, 0.25) is 0 Å². The molecule has 1 atom stereocenters. The Hall–Kier alpha value is -3.46. The highest BCUT2D eigenvalue weighted by Crippen LogP contribution is 2.39. The number of likely N-dealkylation sites (tertiary alicyclic amines) is 1. The zero-order chi connectivity index (χ0) is 21.1. The van der Waals surface area contributed by atoms with Crippen LogP contribution in [0.5, 0.6) is 0 Å². The largest absolute Gasteiger partial charge is 0.507 e. The zero-order valence-corrected chi connectivity index (χ0v) is 16.1. The van der Waals surface area contributed by atoms with E-state index in [0.717, 1.165) is 6.07 Å². The number of carbonyl (C=O) groups is 2. The number of amides is 1. The van der Waals surface area contributed by atoms with Gasteiger partial charge in [-0.05, 0) is 39.2 Å². The Bertz CT molecular complexity index is 964. The van der Waals surface area contributed by atoms with Crippen molar-refractivity contribution in [3.8, 4) is 0 Å². The van der Waals surface area contributed by atoms with Gasteiger partial charge in [0.25, 0.3) is 17.4 Å². The third-order valence-corrected chi connectivity index (χ3v) is 4.69. The smallest absolute Gasteiger partial charge is 0.295 e. The van der Waals surface area contributed by atoms with Gasteiger partial charge in [0.2, 0.25) is 0 Å². The molecular weight excluding hydrogens is 378 g/mol. The fourth-order valence-electron chi connectivity index (χ4n) is 3.33. The molecule has 3 rings (SSSR count). The molecule has 152 valence electrons. The summed E-state index contributed by atoms with van der Waals surface area (Å²) >= 11 is 0. The summed E-state index contributed by atoms with van der Waals surface area (Å²) < 4.78 is 5.44. The first-order valence-corrected chi connectivity index (χ1v) is 9.02. The number of non-ortho nitro benzene ring substituents is 1. The van der Waals surface area contributed by atoms with Crippen LogP contribution >= 0.6 is 0 Å². The molecule has 29 heavy (non-hydrogen) atoms. The van der Waals surface area contributed by atoms with Gasteiger partial charge in [0.15, 0.2) is 0 Å². The van der Waals surface area contributed by atoms with Crippen LogP contribution in [0.3, 0.4) is 0 Å². The minimum atomic E-state index is -0.897. The number of Topliss-reactive ketones (excluding diaryl/α,β-unsaturated/α-hetero) is 1. The summed E-state index contributed by atoms with van der Waals surface area (Å²) in [7, 11) is 3.81. The highest BCUT2D eigenvalue weighted by atomic mass is 16.6. The summed E-state index contributed by atoms with van der Waals surface area (Å²) in [5, 5.41) is 21.9. The lowest BCUT2D eigenvalue weighted by Crippen LogP contribution is -2.32. The van der Waals surface area contributed by atoms with Crippen LogP contribution in [-0.2, 0) is 9.59 Å². The molecule has 1 aromatic carbocycles. The van der Waals surface area contributed by atoms with E-state index in [4.69, 9.17) is 4.42 Å². The number of nitro groups is 1. The van der Waals surface area contributed by atoms with E-state index in [0.29, 0.717) is 25.3 Å². The van der Waals surface area contributed by atoms with Gasteiger partial charge >= 0.3 is 0 Å². The van der Waals surface area contributed by atoms with Gasteiger partial charge in [0.05, 0.1) is 16.8 Å². The first-order valence-electron chi connectivity index (χ1n) is 9.02. The molecule has 1 aliphatic rings. The second kappa shape index (κ2) is 8.27. The van der Waals surface area contributed by atoms with Crippen LogP contribution in [-0.4, -0.2) is 58.7 Å². The minimum absolute atomic E-state index is 0.0852. The molecule has 0 bridgehead atoms. The van der Waals surface area contributed by atoms with E-state index in [1.807, 2.05) is 19.0 Å². The zero-order valence-electron chi connectivity index (χ0n) is 16.1. The van der Waals surface area contributed by atoms with E-state index in [1.54, 1.807) is 12.1 Å². The molecule has 0 aliphatic carbocycles. The molecule has 1 unspecified atom stereocenters. The van der Waals surface area contributed by atoms with Crippen LogP contribution in [0.15, 0.2) is 52.7 Å². The van der Waals surface area contributed by atoms with E-state index in [-0.39, 0.29) is 16.8 Å². The van der Waals surface area contributed by atoms with Gasteiger partial charge in [-0.2, -0.15) is 0 Å². The summed E-state index contributed by atoms with van der Waals surface area (Å²) in [5.74, 6) is -1.72. The molecule has 2 aromatic rings. The van der Waals surface area contributed by atoms with Crippen molar-refractivity contribution in [3.63, 3.8) is 0 Å². The van der Waals surface area contributed by atoms with E-state index in [2.05, 4.69) is 0 Å². The van der Waals surface area contributed by atoms with Crippen LogP contribution < -0.4 is 0 Å². The number of aliphatic hydroxyl groups excluding tert-OH is 1. The van der Waals surface area contributed by atoms with Crippen molar-refractivity contribution in [3.05, 3.63) is 69.7 Å². The van der Waals surface area contributed by atoms with Crippen molar-refractivity contribution >= 4 is 23.1 Å². The van der Waals surface area contributed by atoms with Gasteiger partial charge in [-0.25, -0.2) is 0 Å². The average molecular weight is 399 g/mol. The van der Waals surface area contributed by atoms with E-state index in [1.165, 1.54) is 29.4 Å². The number of benzene rings is 1. The number of furan rings is 1. The van der Waals surface area contributed by atoms with E-state index < -0.39 is 28.4 Å². The third-order valence-electron chi connectivity index (χ3n) is 4.69. The number of hydrogen-bond donors (Lipinski definition) is 1. The molecule has 1 amide bonds. The van der Waals surface area contributed by atoms with Gasteiger partial charge < -0.3 is 19.3 Å². The molecule has 1 N–H and O–H groups in total. The lowest BCUT2D eigenvalue weighted by molar-refractivity contribution is -0.384. The Balaban J connectivity index is 2.06. The van der Waals surface area contributed by atoms with Crippen molar-refractivity contribution in [1.82, 2.24) is 9.80 Å². The van der Waals surface area contributed by atoms with Crippen LogP contribution in [0.25, 0.3) is 5.76 Å². The van der Waals surface area contributed by atoms with Gasteiger partial charge in [-0.15, -0.1) is 0 Å². The maximum atomic E-state index is 12.8. The van der Waals surface area contributed by atoms with Gasteiger partial charge in [-0.1, -0.05) is 12.1 Å². The number of ketones is 1. The number of nitrogens with zero attached hydrogens (tertiary/aromatic N) is 3.